The topological polar surface area (TPSA) is 52.2 Å². The second-order valence-corrected chi connectivity index (χ2v) is 5.57. The average Bonchev–Trinajstić information content (AvgIpc) is 2.86. The SMILES string of the molecule is Cc1n[nH]c(C)c1N1CCN(C(=O)c2cccc(F)c2)CC1. The van der Waals surface area contributed by atoms with E-state index in [0.717, 1.165) is 30.2 Å². The normalized spacial score (nSPS) is 15.2. The van der Waals surface area contributed by atoms with Gasteiger partial charge in [0, 0.05) is 31.7 Å². The molecule has 0 aliphatic carbocycles. The number of carbonyl (C=O) groups is 1. The van der Waals surface area contributed by atoms with E-state index in [0.29, 0.717) is 18.7 Å². The lowest BCUT2D eigenvalue weighted by atomic mass is 10.1. The number of hydrogen-bond donors (Lipinski definition) is 1. The zero-order valence-corrected chi connectivity index (χ0v) is 12.8. The molecule has 6 heteroatoms. The van der Waals surface area contributed by atoms with Crippen molar-refractivity contribution in [1.29, 1.82) is 0 Å². The van der Waals surface area contributed by atoms with Crippen LogP contribution in [0.5, 0.6) is 0 Å². The van der Waals surface area contributed by atoms with Crippen molar-refractivity contribution in [3.8, 4) is 0 Å². The molecule has 1 amide bonds. The molecule has 1 N–H and O–H groups in total. The maximum Gasteiger partial charge on any atom is 0.254 e. The van der Waals surface area contributed by atoms with Crippen molar-refractivity contribution in [1.82, 2.24) is 15.1 Å². The fourth-order valence-electron chi connectivity index (χ4n) is 2.95. The van der Waals surface area contributed by atoms with Gasteiger partial charge in [-0.1, -0.05) is 6.07 Å². The highest BCUT2D eigenvalue weighted by Crippen LogP contribution is 2.23. The molecule has 1 aromatic heterocycles. The third kappa shape index (κ3) is 2.68. The van der Waals surface area contributed by atoms with Crippen LogP contribution in [0.2, 0.25) is 0 Å². The van der Waals surface area contributed by atoms with Gasteiger partial charge < -0.3 is 9.80 Å². The molecule has 0 radical (unpaired) electrons. The van der Waals surface area contributed by atoms with E-state index < -0.39 is 0 Å². The quantitative estimate of drug-likeness (QED) is 0.924. The monoisotopic (exact) mass is 302 g/mol. The molecule has 3 rings (SSSR count). The lowest BCUT2D eigenvalue weighted by molar-refractivity contribution is 0.0746. The number of nitrogens with one attached hydrogen (secondary N) is 1. The number of H-pyrrole nitrogens is 1. The maximum atomic E-state index is 13.2. The van der Waals surface area contributed by atoms with E-state index in [1.807, 2.05) is 13.8 Å². The minimum atomic E-state index is -0.380. The molecule has 1 aliphatic heterocycles. The highest BCUT2D eigenvalue weighted by atomic mass is 19.1. The van der Waals surface area contributed by atoms with E-state index in [4.69, 9.17) is 0 Å². The van der Waals surface area contributed by atoms with Crippen LogP contribution in [0.3, 0.4) is 0 Å². The van der Waals surface area contributed by atoms with Gasteiger partial charge in [-0.25, -0.2) is 4.39 Å². The number of nitrogens with zero attached hydrogens (tertiary/aromatic N) is 3. The Hall–Kier alpha value is -2.37. The van der Waals surface area contributed by atoms with Crippen LogP contribution in [0.1, 0.15) is 21.7 Å². The number of carbonyl (C=O) groups excluding carboxylic acids is 1. The Kier molecular flexibility index (Phi) is 3.83. The number of rotatable bonds is 2. The van der Waals surface area contributed by atoms with Gasteiger partial charge in [0.25, 0.3) is 5.91 Å². The maximum absolute atomic E-state index is 13.2. The van der Waals surface area contributed by atoms with E-state index in [-0.39, 0.29) is 11.7 Å². The van der Waals surface area contributed by atoms with E-state index in [9.17, 15) is 9.18 Å². The van der Waals surface area contributed by atoms with Crippen LogP contribution in [0.4, 0.5) is 10.1 Å². The highest BCUT2D eigenvalue weighted by Gasteiger charge is 2.24. The number of anilines is 1. The number of aromatic amines is 1. The minimum Gasteiger partial charge on any atom is -0.365 e. The Bertz CT molecular complexity index is 670. The summed E-state index contributed by atoms with van der Waals surface area (Å²) in [5, 5.41) is 7.20. The van der Waals surface area contributed by atoms with Crippen molar-refractivity contribution < 1.29 is 9.18 Å². The zero-order valence-electron chi connectivity index (χ0n) is 12.8. The number of amides is 1. The van der Waals surface area contributed by atoms with Gasteiger partial charge in [0.15, 0.2) is 0 Å². The van der Waals surface area contributed by atoms with Crippen molar-refractivity contribution >= 4 is 11.6 Å². The van der Waals surface area contributed by atoms with Gasteiger partial charge in [-0.2, -0.15) is 5.10 Å². The van der Waals surface area contributed by atoms with E-state index in [2.05, 4.69) is 15.1 Å². The van der Waals surface area contributed by atoms with Gasteiger partial charge in [-0.05, 0) is 32.0 Å². The predicted molar refractivity (Wildman–Crippen MR) is 82.6 cm³/mol. The Balaban J connectivity index is 1.68. The van der Waals surface area contributed by atoms with Crippen LogP contribution in [0.25, 0.3) is 0 Å². The summed E-state index contributed by atoms with van der Waals surface area (Å²) in [6, 6.07) is 5.86. The molecule has 0 bridgehead atoms. The van der Waals surface area contributed by atoms with Crippen LogP contribution in [-0.4, -0.2) is 47.2 Å². The number of benzene rings is 1. The standard InChI is InChI=1S/C16H19FN4O/c1-11-15(12(2)19-18-11)20-6-8-21(9-7-20)16(22)13-4-3-5-14(17)10-13/h3-5,10H,6-9H2,1-2H3,(H,18,19). The predicted octanol–water partition coefficient (Wildman–Crippen LogP) is 2.13. The molecule has 0 spiro atoms. The first-order chi connectivity index (χ1) is 10.6. The molecule has 5 nitrogen and oxygen atoms in total. The number of hydrogen-bond acceptors (Lipinski definition) is 3. The molecule has 0 unspecified atom stereocenters. The lowest BCUT2D eigenvalue weighted by Gasteiger charge is -2.36. The molecule has 116 valence electrons. The molecule has 0 saturated carbocycles. The van der Waals surface area contributed by atoms with Crippen LogP contribution in [0, 0.1) is 19.7 Å². The average molecular weight is 302 g/mol. The molecule has 1 saturated heterocycles. The van der Waals surface area contributed by atoms with Gasteiger partial charge >= 0.3 is 0 Å². The molecule has 2 aromatic rings. The van der Waals surface area contributed by atoms with Crippen LogP contribution in [0.15, 0.2) is 24.3 Å². The summed E-state index contributed by atoms with van der Waals surface area (Å²) in [5.41, 5.74) is 3.55. The minimum absolute atomic E-state index is 0.111. The first kappa shape index (κ1) is 14.6. The van der Waals surface area contributed by atoms with Crippen molar-refractivity contribution in [2.75, 3.05) is 31.1 Å². The van der Waals surface area contributed by atoms with E-state index >= 15 is 0 Å². The fraction of sp³-hybridized carbons (Fsp3) is 0.375. The first-order valence-corrected chi connectivity index (χ1v) is 7.37. The molecule has 2 heterocycles. The number of aromatic nitrogens is 2. The van der Waals surface area contributed by atoms with Crippen molar-refractivity contribution in [2.45, 2.75) is 13.8 Å². The van der Waals surface area contributed by atoms with Crippen molar-refractivity contribution in [3.63, 3.8) is 0 Å². The Morgan fingerprint density at radius 1 is 1.23 bits per heavy atom. The molecule has 1 aliphatic rings. The Morgan fingerprint density at radius 3 is 2.55 bits per heavy atom. The molecular weight excluding hydrogens is 283 g/mol. The summed E-state index contributed by atoms with van der Waals surface area (Å²) >= 11 is 0. The van der Waals surface area contributed by atoms with Gasteiger partial charge in [0.05, 0.1) is 17.1 Å². The Morgan fingerprint density at radius 2 is 1.95 bits per heavy atom. The highest BCUT2D eigenvalue weighted by molar-refractivity contribution is 5.94. The second-order valence-electron chi connectivity index (χ2n) is 5.57. The van der Waals surface area contributed by atoms with Crippen molar-refractivity contribution in [2.24, 2.45) is 0 Å². The van der Waals surface area contributed by atoms with E-state index in [1.54, 1.807) is 17.0 Å². The molecule has 22 heavy (non-hydrogen) atoms. The lowest BCUT2D eigenvalue weighted by Crippen LogP contribution is -2.49. The number of piperazine rings is 1. The zero-order chi connectivity index (χ0) is 15.7. The molecule has 0 atom stereocenters. The summed E-state index contributed by atoms with van der Waals surface area (Å²) in [6.07, 6.45) is 0. The molecule has 1 aromatic carbocycles. The summed E-state index contributed by atoms with van der Waals surface area (Å²) in [4.78, 5) is 16.4. The van der Waals surface area contributed by atoms with Crippen LogP contribution >= 0.6 is 0 Å². The summed E-state index contributed by atoms with van der Waals surface area (Å²) < 4.78 is 13.2. The summed E-state index contributed by atoms with van der Waals surface area (Å²) in [7, 11) is 0. The van der Waals surface area contributed by atoms with Gasteiger partial charge in [-0.15, -0.1) is 0 Å². The summed E-state index contributed by atoms with van der Waals surface area (Å²) in [6.45, 7) is 6.73. The number of aryl methyl sites for hydroxylation is 2. The van der Waals surface area contributed by atoms with Gasteiger partial charge in [0.2, 0.25) is 0 Å². The third-order valence-corrected chi connectivity index (χ3v) is 4.04. The molecule has 1 fully saturated rings. The summed E-state index contributed by atoms with van der Waals surface area (Å²) in [5.74, 6) is -0.492. The van der Waals surface area contributed by atoms with E-state index in [1.165, 1.54) is 12.1 Å². The second kappa shape index (κ2) is 5.79. The van der Waals surface area contributed by atoms with Crippen molar-refractivity contribution in [3.05, 3.63) is 47.0 Å². The fourth-order valence-corrected chi connectivity index (χ4v) is 2.95. The first-order valence-electron chi connectivity index (χ1n) is 7.37. The van der Waals surface area contributed by atoms with Crippen LogP contribution in [-0.2, 0) is 0 Å². The molecular formula is C16H19FN4O. The Labute approximate surface area is 128 Å². The largest absolute Gasteiger partial charge is 0.365 e. The number of halogens is 1. The van der Waals surface area contributed by atoms with Gasteiger partial charge in [0.1, 0.15) is 5.82 Å². The third-order valence-electron chi connectivity index (χ3n) is 4.04. The van der Waals surface area contributed by atoms with Gasteiger partial charge in [-0.3, -0.25) is 9.89 Å². The van der Waals surface area contributed by atoms with Crippen LogP contribution < -0.4 is 4.90 Å². The smallest absolute Gasteiger partial charge is 0.254 e.